The van der Waals surface area contributed by atoms with Crippen LogP contribution in [-0.4, -0.2) is 69.8 Å². The molecule has 2 aliphatic heterocycles. The van der Waals surface area contributed by atoms with Crippen molar-refractivity contribution in [1.29, 1.82) is 0 Å². The third-order valence-corrected chi connectivity index (χ3v) is 5.14. The lowest BCUT2D eigenvalue weighted by atomic mass is 9.77. The van der Waals surface area contributed by atoms with Crippen LogP contribution in [0.15, 0.2) is 0 Å². The van der Waals surface area contributed by atoms with Gasteiger partial charge in [-0.25, -0.2) is 0 Å². The van der Waals surface area contributed by atoms with E-state index in [4.69, 9.17) is 15.8 Å². The second-order valence-corrected chi connectivity index (χ2v) is 6.67. The monoisotopic (exact) mass is 399 g/mol. The molecule has 0 radical (unpaired) electrons. The van der Waals surface area contributed by atoms with Crippen molar-refractivity contribution >= 4 is 43.8 Å². The van der Waals surface area contributed by atoms with Gasteiger partial charge >= 0.3 is 13.1 Å². The number of carboxylic acid groups (broad SMARTS) is 1. The second kappa shape index (κ2) is 9.94. The van der Waals surface area contributed by atoms with Gasteiger partial charge in [-0.3, -0.25) is 14.9 Å². The van der Waals surface area contributed by atoms with Gasteiger partial charge in [0.05, 0.1) is 6.04 Å². The van der Waals surface area contributed by atoms with Gasteiger partial charge in [-0.05, 0) is 26.1 Å². The van der Waals surface area contributed by atoms with Crippen molar-refractivity contribution in [2.24, 2.45) is 11.7 Å². The molecule has 25 heavy (non-hydrogen) atoms. The molecule has 0 aliphatic carbocycles. The van der Waals surface area contributed by atoms with Gasteiger partial charge in [0.2, 0.25) is 5.91 Å². The summed E-state index contributed by atoms with van der Waals surface area (Å²) in [5.41, 5.74) is 4.63. The Morgan fingerprint density at radius 2 is 2.00 bits per heavy atom. The molecule has 6 N–H and O–H groups in total. The Bertz CT molecular complexity index is 472. The van der Waals surface area contributed by atoms with E-state index < -0.39 is 24.7 Å². The fourth-order valence-electron chi connectivity index (χ4n) is 3.98. The molecule has 0 aromatic carbocycles. The largest absolute Gasteiger partial charge is 0.480 e. The van der Waals surface area contributed by atoms with Crippen molar-refractivity contribution in [2.45, 2.75) is 56.5 Å². The Kier molecular flexibility index (Phi) is 9.71. The Morgan fingerprint density at radius 3 is 2.52 bits per heavy atom. The molecule has 0 saturated carbocycles. The van der Waals surface area contributed by atoms with Crippen LogP contribution in [0.25, 0.3) is 0 Å². The number of amides is 1. The van der Waals surface area contributed by atoms with Crippen LogP contribution in [0.5, 0.6) is 0 Å². The summed E-state index contributed by atoms with van der Waals surface area (Å²) < 4.78 is 0. The molecule has 0 unspecified atom stereocenters. The number of nitrogens with two attached hydrogens (primary N) is 1. The van der Waals surface area contributed by atoms with Gasteiger partial charge < -0.3 is 25.8 Å². The maximum absolute atomic E-state index is 12.2. The summed E-state index contributed by atoms with van der Waals surface area (Å²) in [6.45, 7) is 2.64. The molecular formula is C14H28BCl2N3O5. The number of aliphatic carboxylic acids is 1. The van der Waals surface area contributed by atoms with Gasteiger partial charge in [0, 0.05) is 25.0 Å². The molecule has 2 rings (SSSR count). The number of likely N-dealkylation sites (tertiary alicyclic amines) is 1. The van der Waals surface area contributed by atoms with Gasteiger partial charge in [-0.2, -0.15) is 0 Å². The van der Waals surface area contributed by atoms with Crippen molar-refractivity contribution < 1.29 is 24.7 Å². The van der Waals surface area contributed by atoms with Gasteiger partial charge in [0.25, 0.3) is 0 Å². The van der Waals surface area contributed by atoms with Crippen LogP contribution in [0.3, 0.4) is 0 Å². The predicted molar refractivity (Wildman–Crippen MR) is 99.0 cm³/mol. The number of fused-ring (bicyclic) bond motifs is 1. The smallest absolute Gasteiger partial charge is 0.451 e. The number of nitrogens with one attached hydrogen (secondary N) is 1. The Hall–Kier alpha value is -0.575. The number of rotatable bonds is 7. The van der Waals surface area contributed by atoms with E-state index in [0.29, 0.717) is 38.8 Å². The van der Waals surface area contributed by atoms with Crippen molar-refractivity contribution in [3.05, 3.63) is 0 Å². The first kappa shape index (κ1) is 24.4. The molecule has 11 heteroatoms. The number of halogens is 2. The van der Waals surface area contributed by atoms with E-state index in [1.165, 1.54) is 0 Å². The lowest BCUT2D eigenvalue weighted by Gasteiger charge is -2.31. The van der Waals surface area contributed by atoms with Crippen molar-refractivity contribution in [2.75, 3.05) is 13.1 Å². The summed E-state index contributed by atoms with van der Waals surface area (Å²) in [7, 11) is -1.36. The molecule has 0 aromatic rings. The van der Waals surface area contributed by atoms with Crippen molar-refractivity contribution in [3.63, 3.8) is 0 Å². The number of carboxylic acids is 1. The highest BCUT2D eigenvalue weighted by Crippen LogP contribution is 2.41. The Labute approximate surface area is 160 Å². The van der Waals surface area contributed by atoms with Crippen molar-refractivity contribution in [3.8, 4) is 0 Å². The predicted octanol–water partition coefficient (Wildman–Crippen LogP) is -0.536. The number of carbonyl (C=O) groups excluding carboxylic acids is 1. The second-order valence-electron chi connectivity index (χ2n) is 6.67. The average molecular weight is 400 g/mol. The average Bonchev–Trinajstić information content (AvgIpc) is 3.03. The topological polar surface area (TPSA) is 136 Å². The molecule has 4 atom stereocenters. The van der Waals surface area contributed by atoms with Crippen molar-refractivity contribution in [1.82, 2.24) is 10.2 Å². The van der Waals surface area contributed by atoms with E-state index >= 15 is 0 Å². The minimum absolute atomic E-state index is 0. The molecule has 2 heterocycles. The maximum Gasteiger partial charge on any atom is 0.451 e. The zero-order valence-electron chi connectivity index (χ0n) is 14.3. The minimum atomic E-state index is -1.36. The van der Waals surface area contributed by atoms with E-state index in [9.17, 15) is 14.7 Å². The number of unbranched alkanes of at least 4 members (excludes halogenated alkanes) is 1. The summed E-state index contributed by atoms with van der Waals surface area (Å²) >= 11 is 0. The standard InChI is InChI=1S/C14H26BN3O5.2ClH/c1-9(16)12(19)18-7-4-10-11(18)8-17-14(10,13(20)21)5-2-3-6-15(22)23;;/h9-11,17,22-23H,2-8,16H2,1H3,(H,20,21);2*1H/t9-,10-,11-,14+;;/m0../s1. The zero-order valence-corrected chi connectivity index (χ0v) is 15.9. The Morgan fingerprint density at radius 1 is 1.36 bits per heavy atom. The summed E-state index contributed by atoms with van der Waals surface area (Å²) in [5.74, 6) is -1.17. The molecule has 0 aromatic heterocycles. The van der Waals surface area contributed by atoms with Crippen LogP contribution < -0.4 is 11.1 Å². The third kappa shape index (κ3) is 4.99. The zero-order chi connectivity index (χ0) is 17.2. The number of hydrogen-bond acceptors (Lipinski definition) is 6. The molecule has 0 spiro atoms. The van der Waals surface area contributed by atoms with E-state index in [-0.39, 0.29) is 49.0 Å². The molecule has 0 bridgehead atoms. The first-order valence-corrected chi connectivity index (χ1v) is 8.20. The lowest BCUT2D eigenvalue weighted by molar-refractivity contribution is -0.146. The highest BCUT2D eigenvalue weighted by molar-refractivity contribution is 6.40. The maximum atomic E-state index is 12.2. The molecule has 2 fully saturated rings. The van der Waals surface area contributed by atoms with Crippen LogP contribution in [0.2, 0.25) is 6.32 Å². The highest BCUT2D eigenvalue weighted by Gasteiger charge is 2.57. The van der Waals surface area contributed by atoms with E-state index in [0.717, 1.165) is 0 Å². The normalized spacial score (nSPS) is 28.6. The SMILES string of the molecule is C[C@H](N)C(=O)N1CC[C@H]2[C@@H]1CN[C@@]2(CCCCB(O)O)C(=O)O.Cl.Cl. The van der Waals surface area contributed by atoms with Crippen LogP contribution >= 0.6 is 24.8 Å². The van der Waals surface area contributed by atoms with Gasteiger partial charge in [0.1, 0.15) is 5.54 Å². The number of carbonyl (C=O) groups is 2. The van der Waals surface area contributed by atoms with Gasteiger partial charge in [0.15, 0.2) is 0 Å². The van der Waals surface area contributed by atoms with Gasteiger partial charge in [-0.15, -0.1) is 24.8 Å². The molecule has 2 aliphatic rings. The first-order chi connectivity index (χ1) is 10.8. The highest BCUT2D eigenvalue weighted by atomic mass is 35.5. The fraction of sp³-hybridized carbons (Fsp3) is 0.857. The third-order valence-electron chi connectivity index (χ3n) is 5.14. The molecule has 2 saturated heterocycles. The molecular weight excluding hydrogens is 372 g/mol. The van der Waals surface area contributed by atoms with Crippen LogP contribution in [-0.2, 0) is 9.59 Å². The summed E-state index contributed by atoms with van der Waals surface area (Å²) in [4.78, 5) is 25.8. The van der Waals surface area contributed by atoms with Crippen LogP contribution in [0, 0.1) is 5.92 Å². The molecule has 146 valence electrons. The lowest BCUT2D eigenvalue weighted by Crippen LogP contribution is -2.52. The first-order valence-electron chi connectivity index (χ1n) is 8.20. The molecule has 1 amide bonds. The van der Waals surface area contributed by atoms with Crippen LogP contribution in [0.1, 0.15) is 32.6 Å². The summed E-state index contributed by atoms with van der Waals surface area (Å²) in [5, 5.41) is 30.7. The minimum Gasteiger partial charge on any atom is -0.480 e. The van der Waals surface area contributed by atoms with E-state index in [2.05, 4.69) is 5.32 Å². The van der Waals surface area contributed by atoms with E-state index in [1.54, 1.807) is 11.8 Å². The summed E-state index contributed by atoms with van der Waals surface area (Å²) in [6.07, 6.45) is 2.43. The van der Waals surface area contributed by atoms with E-state index in [1.807, 2.05) is 0 Å². The number of nitrogens with zero attached hydrogens (tertiary/aromatic N) is 1. The summed E-state index contributed by atoms with van der Waals surface area (Å²) in [6, 6.07) is -0.715. The molecule has 8 nitrogen and oxygen atoms in total. The number of hydrogen-bond donors (Lipinski definition) is 5. The van der Waals surface area contributed by atoms with Gasteiger partial charge in [-0.1, -0.05) is 12.8 Å². The quantitative estimate of drug-likeness (QED) is 0.286. The Balaban J connectivity index is 0.00000288. The fourth-order valence-corrected chi connectivity index (χ4v) is 3.98. The van der Waals surface area contributed by atoms with Crippen LogP contribution in [0.4, 0.5) is 0 Å².